The van der Waals surface area contributed by atoms with Gasteiger partial charge in [-0.2, -0.15) is 0 Å². The van der Waals surface area contributed by atoms with Crippen LogP contribution < -0.4 is 4.74 Å². The summed E-state index contributed by atoms with van der Waals surface area (Å²) in [5.41, 5.74) is 2.00. The summed E-state index contributed by atoms with van der Waals surface area (Å²) in [6.07, 6.45) is 1.66. The predicted molar refractivity (Wildman–Crippen MR) is 69.8 cm³/mol. The van der Waals surface area contributed by atoms with E-state index in [0.29, 0.717) is 16.8 Å². The third-order valence-corrected chi connectivity index (χ3v) is 2.76. The van der Waals surface area contributed by atoms with Crippen LogP contribution in [0.1, 0.15) is 11.1 Å². The first-order valence-corrected chi connectivity index (χ1v) is 5.90. The molecule has 88 valence electrons. The van der Waals surface area contributed by atoms with E-state index in [0.717, 1.165) is 16.9 Å². The molecular formula is C13H11Cl2NO. The van der Waals surface area contributed by atoms with Gasteiger partial charge in [0.05, 0.1) is 0 Å². The summed E-state index contributed by atoms with van der Waals surface area (Å²) in [7, 11) is 0. The van der Waals surface area contributed by atoms with Crippen molar-refractivity contribution >= 4 is 23.2 Å². The quantitative estimate of drug-likeness (QED) is 0.775. The van der Waals surface area contributed by atoms with E-state index in [4.69, 9.17) is 27.9 Å². The molecule has 0 fully saturated rings. The summed E-state index contributed by atoms with van der Waals surface area (Å²) in [4.78, 5) is 3.92. The number of aryl methyl sites for hydroxylation is 1. The Bertz CT molecular complexity index is 529. The Morgan fingerprint density at radius 3 is 2.71 bits per heavy atom. The molecule has 0 radical (unpaired) electrons. The molecule has 1 heterocycles. The minimum Gasteiger partial charge on any atom is -0.489 e. The van der Waals surface area contributed by atoms with Gasteiger partial charge in [-0.15, -0.1) is 0 Å². The lowest BCUT2D eigenvalue weighted by molar-refractivity contribution is 0.304. The van der Waals surface area contributed by atoms with Crippen LogP contribution in [0.4, 0.5) is 0 Å². The molecule has 0 aliphatic carbocycles. The Labute approximate surface area is 110 Å². The van der Waals surface area contributed by atoms with Crippen LogP contribution in [0.15, 0.2) is 36.5 Å². The first-order chi connectivity index (χ1) is 8.15. The summed E-state index contributed by atoms with van der Waals surface area (Å²) in [6, 6.07) is 9.20. The van der Waals surface area contributed by atoms with Gasteiger partial charge in [0.2, 0.25) is 0 Å². The van der Waals surface area contributed by atoms with Gasteiger partial charge in [-0.3, -0.25) is 0 Å². The second-order valence-corrected chi connectivity index (χ2v) is 4.51. The van der Waals surface area contributed by atoms with Crippen LogP contribution in [0.25, 0.3) is 0 Å². The Balaban J connectivity index is 2.07. The second-order valence-electron chi connectivity index (χ2n) is 3.69. The first-order valence-electron chi connectivity index (χ1n) is 5.14. The van der Waals surface area contributed by atoms with E-state index in [-0.39, 0.29) is 0 Å². The minimum absolute atomic E-state index is 0.463. The zero-order chi connectivity index (χ0) is 12.3. The lowest BCUT2D eigenvalue weighted by Crippen LogP contribution is -1.97. The largest absolute Gasteiger partial charge is 0.489 e. The number of pyridine rings is 1. The maximum Gasteiger partial charge on any atom is 0.129 e. The number of hydrogen-bond acceptors (Lipinski definition) is 2. The summed E-state index contributed by atoms with van der Waals surface area (Å²) in [5, 5.41) is 1.18. The van der Waals surface area contributed by atoms with E-state index in [1.54, 1.807) is 12.3 Å². The number of hydrogen-bond donors (Lipinski definition) is 0. The summed E-state index contributed by atoms with van der Waals surface area (Å²) in [5.74, 6) is 0.822. The van der Waals surface area contributed by atoms with Crippen LogP contribution in [-0.2, 0) is 6.61 Å². The topological polar surface area (TPSA) is 22.1 Å². The Kier molecular flexibility index (Phi) is 3.87. The number of halogens is 2. The van der Waals surface area contributed by atoms with Gasteiger partial charge in [0.1, 0.15) is 17.5 Å². The third kappa shape index (κ3) is 3.35. The molecule has 0 spiro atoms. The number of nitrogens with zero attached hydrogens (tertiary/aromatic N) is 1. The highest BCUT2D eigenvalue weighted by Crippen LogP contribution is 2.22. The number of ether oxygens (including phenoxy) is 1. The molecule has 4 heteroatoms. The third-order valence-electron chi connectivity index (χ3n) is 2.32. The minimum atomic E-state index is 0.463. The van der Waals surface area contributed by atoms with Crippen molar-refractivity contribution in [3.8, 4) is 5.75 Å². The van der Waals surface area contributed by atoms with Crippen LogP contribution in [0.2, 0.25) is 10.2 Å². The number of rotatable bonds is 3. The SMILES string of the molecule is Cc1cc(Cl)ccc1OCc1ccnc(Cl)c1. The molecule has 1 aromatic carbocycles. The maximum atomic E-state index is 5.87. The van der Waals surface area contributed by atoms with Crippen molar-refractivity contribution < 1.29 is 4.74 Å². The molecule has 1 aromatic heterocycles. The Morgan fingerprint density at radius 2 is 2.00 bits per heavy atom. The molecular weight excluding hydrogens is 257 g/mol. The van der Waals surface area contributed by atoms with E-state index < -0.39 is 0 Å². The summed E-state index contributed by atoms with van der Waals surface area (Å²) >= 11 is 11.7. The Hall–Kier alpha value is -1.25. The molecule has 2 rings (SSSR count). The highest BCUT2D eigenvalue weighted by molar-refractivity contribution is 6.30. The normalized spacial score (nSPS) is 10.3. The molecule has 0 saturated carbocycles. The van der Waals surface area contributed by atoms with Gasteiger partial charge in [0, 0.05) is 11.2 Å². The molecule has 0 aliphatic heterocycles. The van der Waals surface area contributed by atoms with E-state index in [2.05, 4.69) is 4.98 Å². The first kappa shape index (κ1) is 12.2. The van der Waals surface area contributed by atoms with Crippen LogP contribution in [0.3, 0.4) is 0 Å². The fourth-order valence-electron chi connectivity index (χ4n) is 1.47. The standard InChI is InChI=1S/C13H11Cl2NO/c1-9-6-11(14)2-3-12(9)17-8-10-4-5-16-13(15)7-10/h2-7H,8H2,1H3. The van der Waals surface area contributed by atoms with E-state index >= 15 is 0 Å². The van der Waals surface area contributed by atoms with Gasteiger partial charge >= 0.3 is 0 Å². The summed E-state index contributed by atoms with van der Waals surface area (Å²) < 4.78 is 5.69. The van der Waals surface area contributed by atoms with Crippen LogP contribution in [0.5, 0.6) is 5.75 Å². The molecule has 0 bridgehead atoms. The van der Waals surface area contributed by atoms with Gasteiger partial charge in [-0.25, -0.2) is 4.98 Å². The van der Waals surface area contributed by atoms with E-state index in [1.165, 1.54) is 0 Å². The van der Waals surface area contributed by atoms with Crippen molar-refractivity contribution in [2.75, 3.05) is 0 Å². The lowest BCUT2D eigenvalue weighted by Gasteiger charge is -2.09. The highest BCUT2D eigenvalue weighted by Gasteiger charge is 2.01. The molecule has 2 aromatic rings. The molecule has 0 aliphatic rings. The van der Waals surface area contributed by atoms with Gasteiger partial charge in [0.15, 0.2) is 0 Å². The fourth-order valence-corrected chi connectivity index (χ4v) is 1.89. The lowest BCUT2D eigenvalue weighted by atomic mass is 10.2. The monoisotopic (exact) mass is 267 g/mol. The van der Waals surface area contributed by atoms with Gasteiger partial charge in [-0.05, 0) is 48.4 Å². The predicted octanol–water partition coefficient (Wildman–Crippen LogP) is 4.28. The average Bonchev–Trinajstić information content (AvgIpc) is 2.28. The molecule has 0 atom stereocenters. The smallest absolute Gasteiger partial charge is 0.129 e. The van der Waals surface area contributed by atoms with Crippen molar-refractivity contribution in [2.45, 2.75) is 13.5 Å². The molecule has 0 amide bonds. The zero-order valence-electron chi connectivity index (χ0n) is 9.28. The van der Waals surface area contributed by atoms with Gasteiger partial charge in [0.25, 0.3) is 0 Å². The Morgan fingerprint density at radius 1 is 1.18 bits per heavy atom. The van der Waals surface area contributed by atoms with Gasteiger partial charge < -0.3 is 4.74 Å². The van der Waals surface area contributed by atoms with Gasteiger partial charge in [-0.1, -0.05) is 23.2 Å². The van der Waals surface area contributed by atoms with Crippen LogP contribution in [-0.4, -0.2) is 4.98 Å². The second kappa shape index (κ2) is 5.39. The molecule has 17 heavy (non-hydrogen) atoms. The average molecular weight is 268 g/mol. The molecule has 0 saturated heterocycles. The van der Waals surface area contributed by atoms with Crippen molar-refractivity contribution in [3.63, 3.8) is 0 Å². The van der Waals surface area contributed by atoms with Crippen molar-refractivity contribution in [1.82, 2.24) is 4.98 Å². The molecule has 0 N–H and O–H groups in total. The van der Waals surface area contributed by atoms with Crippen molar-refractivity contribution in [1.29, 1.82) is 0 Å². The van der Waals surface area contributed by atoms with E-state index in [1.807, 2.05) is 31.2 Å². The number of aromatic nitrogens is 1. The molecule has 0 unspecified atom stereocenters. The summed E-state index contributed by atoms with van der Waals surface area (Å²) in [6.45, 7) is 2.42. The maximum absolute atomic E-state index is 5.87. The van der Waals surface area contributed by atoms with Crippen molar-refractivity contribution in [2.24, 2.45) is 0 Å². The van der Waals surface area contributed by atoms with Crippen LogP contribution in [0, 0.1) is 6.92 Å². The van der Waals surface area contributed by atoms with E-state index in [9.17, 15) is 0 Å². The fraction of sp³-hybridized carbons (Fsp3) is 0.154. The molecule has 2 nitrogen and oxygen atoms in total. The highest BCUT2D eigenvalue weighted by atomic mass is 35.5. The number of benzene rings is 1. The van der Waals surface area contributed by atoms with Crippen molar-refractivity contribution in [3.05, 3.63) is 57.8 Å². The van der Waals surface area contributed by atoms with Crippen LogP contribution >= 0.6 is 23.2 Å². The zero-order valence-corrected chi connectivity index (χ0v) is 10.8.